The van der Waals surface area contributed by atoms with Gasteiger partial charge in [0.15, 0.2) is 0 Å². The molecule has 6 nitrogen and oxygen atoms in total. The van der Waals surface area contributed by atoms with Gasteiger partial charge in [0.2, 0.25) is 0 Å². The van der Waals surface area contributed by atoms with Crippen LogP contribution in [0, 0.1) is 0 Å². The largest absolute Gasteiger partial charge is 0.366 e. The average molecular weight is 346 g/mol. The van der Waals surface area contributed by atoms with Crippen molar-refractivity contribution in [3.63, 3.8) is 0 Å². The van der Waals surface area contributed by atoms with E-state index in [9.17, 15) is 0 Å². The molecule has 0 unspecified atom stereocenters. The summed E-state index contributed by atoms with van der Waals surface area (Å²) >= 11 is 0. The highest BCUT2D eigenvalue weighted by Crippen LogP contribution is 2.19. The number of pyridine rings is 1. The molecule has 2 aromatic heterocycles. The summed E-state index contributed by atoms with van der Waals surface area (Å²) in [6, 6.07) is 18.4. The summed E-state index contributed by atoms with van der Waals surface area (Å²) in [5.74, 6) is 2.86. The first-order valence-corrected chi connectivity index (χ1v) is 8.89. The number of aromatic nitrogens is 3. The minimum absolute atomic E-state index is 0.755. The molecule has 3 heterocycles. The molecule has 0 spiro atoms. The smallest absolute Gasteiger partial charge is 0.134 e. The maximum absolute atomic E-state index is 4.46. The van der Waals surface area contributed by atoms with E-state index in [-0.39, 0.29) is 0 Å². The molecule has 1 N–H and O–H groups in total. The summed E-state index contributed by atoms with van der Waals surface area (Å²) in [6.07, 6.45) is 3.48. The number of nitrogens with one attached hydrogen (secondary N) is 1. The number of benzene rings is 1. The normalized spacial score (nSPS) is 14.3. The van der Waals surface area contributed by atoms with E-state index in [0.717, 1.165) is 50.2 Å². The third kappa shape index (κ3) is 3.91. The van der Waals surface area contributed by atoms with Crippen molar-refractivity contribution < 1.29 is 0 Å². The van der Waals surface area contributed by atoms with E-state index in [2.05, 4.69) is 48.3 Å². The fourth-order valence-corrected chi connectivity index (χ4v) is 3.11. The third-order valence-corrected chi connectivity index (χ3v) is 4.55. The highest BCUT2D eigenvalue weighted by Gasteiger charge is 2.19. The predicted molar refractivity (Wildman–Crippen MR) is 104 cm³/mol. The molecule has 1 aromatic carbocycles. The van der Waals surface area contributed by atoms with Gasteiger partial charge in [-0.2, -0.15) is 0 Å². The lowest BCUT2D eigenvalue weighted by atomic mass is 10.2. The number of hydrogen-bond acceptors (Lipinski definition) is 6. The Bertz CT molecular complexity index is 816. The van der Waals surface area contributed by atoms with Crippen LogP contribution in [0.25, 0.3) is 0 Å². The Morgan fingerprint density at radius 1 is 0.769 bits per heavy atom. The maximum atomic E-state index is 4.46. The molecule has 132 valence electrons. The molecule has 1 saturated heterocycles. The second-order valence-electron chi connectivity index (χ2n) is 6.26. The third-order valence-electron chi connectivity index (χ3n) is 4.55. The molecule has 0 saturated carbocycles. The molecule has 0 atom stereocenters. The number of hydrogen-bond donors (Lipinski definition) is 1. The highest BCUT2D eigenvalue weighted by molar-refractivity contribution is 5.50. The van der Waals surface area contributed by atoms with Gasteiger partial charge in [0.25, 0.3) is 0 Å². The number of anilines is 3. The van der Waals surface area contributed by atoms with Gasteiger partial charge in [-0.3, -0.25) is 0 Å². The molecule has 0 aliphatic carbocycles. The zero-order valence-electron chi connectivity index (χ0n) is 14.6. The van der Waals surface area contributed by atoms with Crippen molar-refractivity contribution in [1.82, 2.24) is 15.0 Å². The fraction of sp³-hybridized carbons (Fsp3) is 0.250. The quantitative estimate of drug-likeness (QED) is 0.767. The van der Waals surface area contributed by atoms with Crippen LogP contribution in [-0.4, -0.2) is 41.1 Å². The van der Waals surface area contributed by atoms with Gasteiger partial charge in [0.1, 0.15) is 23.8 Å². The van der Waals surface area contributed by atoms with Crippen molar-refractivity contribution in [3.05, 3.63) is 72.7 Å². The van der Waals surface area contributed by atoms with Gasteiger partial charge in [-0.1, -0.05) is 36.4 Å². The standard InChI is InChI=1S/C20H22N6/c1-2-6-17(7-3-1)15-22-18-14-20(24-16-23-18)26-12-10-25(11-13-26)19-8-4-5-9-21-19/h1-9,14,16H,10-13,15H2,(H,22,23,24). The van der Waals surface area contributed by atoms with Gasteiger partial charge in [-0.05, 0) is 17.7 Å². The van der Waals surface area contributed by atoms with Crippen LogP contribution in [-0.2, 0) is 6.54 Å². The Hall–Kier alpha value is -3.15. The minimum Gasteiger partial charge on any atom is -0.366 e. The molecule has 6 heteroatoms. The van der Waals surface area contributed by atoms with Gasteiger partial charge in [0.05, 0.1) is 0 Å². The van der Waals surface area contributed by atoms with Crippen molar-refractivity contribution in [2.24, 2.45) is 0 Å². The van der Waals surface area contributed by atoms with Gasteiger partial charge >= 0.3 is 0 Å². The summed E-state index contributed by atoms with van der Waals surface area (Å²) in [5.41, 5.74) is 1.23. The molecule has 0 radical (unpaired) electrons. The van der Waals surface area contributed by atoms with Crippen LogP contribution >= 0.6 is 0 Å². The van der Waals surface area contributed by atoms with Crippen molar-refractivity contribution in [1.29, 1.82) is 0 Å². The lowest BCUT2D eigenvalue weighted by Crippen LogP contribution is -2.47. The Kier molecular flexibility index (Phi) is 4.91. The monoisotopic (exact) mass is 346 g/mol. The van der Waals surface area contributed by atoms with E-state index in [1.165, 1.54) is 5.56 Å². The highest BCUT2D eigenvalue weighted by atomic mass is 15.3. The zero-order valence-corrected chi connectivity index (χ0v) is 14.6. The van der Waals surface area contributed by atoms with E-state index >= 15 is 0 Å². The summed E-state index contributed by atoms with van der Waals surface area (Å²) in [5, 5.41) is 3.38. The molecule has 3 aromatic rings. The maximum Gasteiger partial charge on any atom is 0.134 e. The van der Waals surface area contributed by atoms with Crippen LogP contribution in [0.5, 0.6) is 0 Å². The first-order valence-electron chi connectivity index (χ1n) is 8.89. The van der Waals surface area contributed by atoms with Crippen molar-refractivity contribution in [2.45, 2.75) is 6.54 Å². The van der Waals surface area contributed by atoms with Crippen LogP contribution in [0.4, 0.5) is 17.5 Å². The van der Waals surface area contributed by atoms with E-state index in [1.54, 1.807) is 6.33 Å². The van der Waals surface area contributed by atoms with E-state index in [4.69, 9.17) is 0 Å². The van der Waals surface area contributed by atoms with E-state index in [0.29, 0.717) is 0 Å². The van der Waals surface area contributed by atoms with Crippen LogP contribution in [0.15, 0.2) is 67.1 Å². The average Bonchev–Trinajstić information content (AvgIpc) is 2.74. The fourth-order valence-electron chi connectivity index (χ4n) is 3.11. The van der Waals surface area contributed by atoms with Crippen molar-refractivity contribution in [2.75, 3.05) is 41.3 Å². The minimum atomic E-state index is 0.755. The molecule has 1 aliphatic rings. The first kappa shape index (κ1) is 16.3. The Balaban J connectivity index is 1.36. The second kappa shape index (κ2) is 7.82. The summed E-state index contributed by atoms with van der Waals surface area (Å²) in [4.78, 5) is 17.9. The molecule has 0 bridgehead atoms. The predicted octanol–water partition coefficient (Wildman–Crippen LogP) is 2.81. The zero-order chi connectivity index (χ0) is 17.6. The molecule has 1 aliphatic heterocycles. The van der Waals surface area contributed by atoms with E-state index < -0.39 is 0 Å². The summed E-state index contributed by atoms with van der Waals surface area (Å²) < 4.78 is 0. The summed E-state index contributed by atoms with van der Waals surface area (Å²) in [7, 11) is 0. The van der Waals surface area contributed by atoms with Crippen LogP contribution in [0.1, 0.15) is 5.56 Å². The molecule has 26 heavy (non-hydrogen) atoms. The van der Waals surface area contributed by atoms with Gasteiger partial charge in [-0.25, -0.2) is 15.0 Å². The van der Waals surface area contributed by atoms with Crippen molar-refractivity contribution in [3.8, 4) is 0 Å². The first-order chi connectivity index (χ1) is 12.9. The molecular formula is C20H22N6. The lowest BCUT2D eigenvalue weighted by molar-refractivity contribution is 0.641. The number of piperazine rings is 1. The molecular weight excluding hydrogens is 324 g/mol. The van der Waals surface area contributed by atoms with Crippen molar-refractivity contribution >= 4 is 17.5 Å². The van der Waals surface area contributed by atoms with Crippen LogP contribution in [0.3, 0.4) is 0 Å². The second-order valence-corrected chi connectivity index (χ2v) is 6.26. The SMILES string of the molecule is c1ccc(CNc2cc(N3CCN(c4ccccn4)CC3)ncn2)cc1. The van der Waals surface area contributed by atoms with Crippen LogP contribution in [0.2, 0.25) is 0 Å². The number of nitrogens with zero attached hydrogens (tertiary/aromatic N) is 5. The van der Waals surface area contributed by atoms with Gasteiger partial charge in [-0.15, -0.1) is 0 Å². The topological polar surface area (TPSA) is 57.2 Å². The van der Waals surface area contributed by atoms with Gasteiger partial charge < -0.3 is 15.1 Å². The van der Waals surface area contributed by atoms with Crippen LogP contribution < -0.4 is 15.1 Å². The Morgan fingerprint density at radius 3 is 2.23 bits per heavy atom. The molecule has 4 rings (SSSR count). The molecule has 1 fully saturated rings. The molecule has 0 amide bonds. The Morgan fingerprint density at radius 2 is 1.50 bits per heavy atom. The summed E-state index contributed by atoms with van der Waals surface area (Å²) in [6.45, 7) is 4.48. The lowest BCUT2D eigenvalue weighted by Gasteiger charge is -2.36. The number of rotatable bonds is 5. The van der Waals surface area contributed by atoms with E-state index in [1.807, 2.05) is 42.6 Å². The van der Waals surface area contributed by atoms with Gasteiger partial charge in [0, 0.05) is 45.0 Å². The Labute approximate surface area is 153 Å².